The fourth-order valence-corrected chi connectivity index (χ4v) is 1.96. The maximum Gasteiger partial charge on any atom is 0.0794 e. The van der Waals surface area contributed by atoms with Crippen molar-refractivity contribution >= 4 is 11.3 Å². The van der Waals surface area contributed by atoms with Gasteiger partial charge in [-0.2, -0.15) is 0 Å². The lowest BCUT2D eigenvalue weighted by Gasteiger charge is -2.20. The quantitative estimate of drug-likeness (QED) is 0.784. The lowest BCUT2D eigenvalue weighted by molar-refractivity contribution is 0.110. The highest BCUT2D eigenvalue weighted by Gasteiger charge is 2.14. The number of aliphatic hydroxyl groups is 1. The van der Waals surface area contributed by atoms with Gasteiger partial charge in [-0.05, 0) is 12.8 Å². The van der Waals surface area contributed by atoms with Crippen molar-refractivity contribution in [3.8, 4) is 0 Å². The fraction of sp³-hybridized carbons (Fsp3) is 0.727. The van der Waals surface area contributed by atoms with Gasteiger partial charge in [0.25, 0.3) is 0 Å². The third-order valence-electron chi connectivity index (χ3n) is 2.81. The van der Waals surface area contributed by atoms with Crippen molar-refractivity contribution in [2.45, 2.75) is 39.3 Å². The molecule has 3 nitrogen and oxygen atoms in total. The van der Waals surface area contributed by atoms with Crippen LogP contribution in [0.2, 0.25) is 0 Å². The lowest BCUT2D eigenvalue weighted by Crippen LogP contribution is -2.32. The van der Waals surface area contributed by atoms with Gasteiger partial charge in [0.1, 0.15) is 0 Å². The van der Waals surface area contributed by atoms with Gasteiger partial charge in [0.15, 0.2) is 0 Å². The number of thiazole rings is 1. The fourth-order valence-electron chi connectivity index (χ4n) is 1.31. The minimum atomic E-state index is -0.259. The van der Waals surface area contributed by atoms with Crippen LogP contribution in [0.5, 0.6) is 0 Å². The Morgan fingerprint density at radius 2 is 2.27 bits per heavy atom. The minimum absolute atomic E-state index is 0.259. The van der Waals surface area contributed by atoms with Gasteiger partial charge in [-0.1, -0.05) is 20.3 Å². The van der Waals surface area contributed by atoms with Crippen LogP contribution < -0.4 is 5.32 Å². The predicted octanol–water partition coefficient (Wildman–Crippen LogP) is 2.20. The summed E-state index contributed by atoms with van der Waals surface area (Å²) in [5.74, 6) is 0.353. The van der Waals surface area contributed by atoms with Gasteiger partial charge in [-0.15, -0.1) is 11.3 Å². The largest absolute Gasteiger partial charge is 0.392 e. The van der Waals surface area contributed by atoms with E-state index in [4.69, 9.17) is 0 Å². The molecular formula is C11H20N2OS. The van der Waals surface area contributed by atoms with Gasteiger partial charge in [0, 0.05) is 23.7 Å². The Morgan fingerprint density at radius 3 is 2.80 bits per heavy atom. The molecule has 4 heteroatoms. The zero-order valence-corrected chi connectivity index (χ0v) is 10.4. The molecule has 0 aromatic carbocycles. The second-order valence-corrected chi connectivity index (χ2v) is 4.90. The van der Waals surface area contributed by atoms with E-state index >= 15 is 0 Å². The van der Waals surface area contributed by atoms with E-state index in [2.05, 4.69) is 31.1 Å². The average Bonchev–Trinajstić information content (AvgIpc) is 2.77. The highest BCUT2D eigenvalue weighted by Crippen LogP contribution is 2.16. The Morgan fingerprint density at radius 1 is 1.53 bits per heavy atom. The molecule has 1 aromatic rings. The van der Waals surface area contributed by atoms with Crippen LogP contribution in [-0.2, 0) is 0 Å². The third-order valence-corrected chi connectivity index (χ3v) is 3.77. The van der Waals surface area contributed by atoms with Crippen LogP contribution in [0.25, 0.3) is 0 Å². The summed E-state index contributed by atoms with van der Waals surface area (Å²) in [4.78, 5) is 5.25. The second-order valence-electron chi connectivity index (χ2n) is 3.99. The Kier molecular flexibility index (Phi) is 5.22. The summed E-state index contributed by atoms with van der Waals surface area (Å²) in [6.45, 7) is 6.91. The first kappa shape index (κ1) is 12.6. The Labute approximate surface area is 95.6 Å². The molecule has 3 unspecified atom stereocenters. The molecule has 0 aliphatic rings. The molecule has 3 atom stereocenters. The molecular weight excluding hydrogens is 208 g/mol. The first-order valence-corrected chi connectivity index (χ1v) is 6.33. The standard InChI is InChI=1S/C11H20N2OS/c1-4-8(2)10(14)5-13-9(3)11-6-12-7-15-11/h6-10,13-14H,4-5H2,1-3H3. The smallest absolute Gasteiger partial charge is 0.0794 e. The predicted molar refractivity (Wildman–Crippen MR) is 64.0 cm³/mol. The Hall–Kier alpha value is -0.450. The molecule has 0 fully saturated rings. The molecule has 1 rings (SSSR count). The third kappa shape index (κ3) is 3.89. The topological polar surface area (TPSA) is 45.1 Å². The molecule has 1 heterocycles. The average molecular weight is 228 g/mol. The molecule has 0 spiro atoms. The van der Waals surface area contributed by atoms with Gasteiger partial charge in [-0.3, -0.25) is 4.98 Å². The van der Waals surface area contributed by atoms with Gasteiger partial charge in [0.2, 0.25) is 0 Å². The molecule has 0 saturated carbocycles. The van der Waals surface area contributed by atoms with E-state index in [0.29, 0.717) is 12.5 Å². The summed E-state index contributed by atoms with van der Waals surface area (Å²) in [5, 5.41) is 13.1. The van der Waals surface area contributed by atoms with E-state index in [-0.39, 0.29) is 12.1 Å². The van der Waals surface area contributed by atoms with Gasteiger partial charge in [0.05, 0.1) is 11.6 Å². The zero-order valence-electron chi connectivity index (χ0n) is 9.60. The summed E-state index contributed by atoms with van der Waals surface area (Å²) >= 11 is 1.64. The highest BCUT2D eigenvalue weighted by atomic mass is 32.1. The number of nitrogens with zero attached hydrogens (tertiary/aromatic N) is 1. The molecule has 1 aromatic heterocycles. The van der Waals surface area contributed by atoms with Gasteiger partial charge < -0.3 is 10.4 Å². The van der Waals surface area contributed by atoms with Crippen molar-refractivity contribution in [2.75, 3.05) is 6.54 Å². The van der Waals surface area contributed by atoms with E-state index in [9.17, 15) is 5.11 Å². The number of rotatable bonds is 6. The SMILES string of the molecule is CCC(C)C(O)CNC(C)c1cncs1. The monoisotopic (exact) mass is 228 g/mol. The number of aliphatic hydroxyl groups excluding tert-OH is 1. The summed E-state index contributed by atoms with van der Waals surface area (Å²) in [5.41, 5.74) is 1.83. The van der Waals surface area contributed by atoms with E-state index in [1.165, 1.54) is 4.88 Å². The van der Waals surface area contributed by atoms with E-state index in [1.807, 2.05) is 11.7 Å². The normalized spacial score (nSPS) is 17.3. The van der Waals surface area contributed by atoms with Crippen molar-refractivity contribution in [3.63, 3.8) is 0 Å². The van der Waals surface area contributed by atoms with E-state index in [0.717, 1.165) is 6.42 Å². The Bertz CT molecular complexity index is 264. The summed E-state index contributed by atoms with van der Waals surface area (Å²) in [7, 11) is 0. The number of nitrogens with one attached hydrogen (secondary N) is 1. The van der Waals surface area contributed by atoms with Crippen molar-refractivity contribution < 1.29 is 5.11 Å². The van der Waals surface area contributed by atoms with Crippen LogP contribution in [0.4, 0.5) is 0 Å². The molecule has 0 aliphatic carbocycles. The number of hydrogen-bond donors (Lipinski definition) is 2. The van der Waals surface area contributed by atoms with E-state index < -0.39 is 0 Å². The molecule has 0 radical (unpaired) electrons. The van der Waals surface area contributed by atoms with Crippen LogP contribution in [-0.4, -0.2) is 22.7 Å². The minimum Gasteiger partial charge on any atom is -0.392 e. The van der Waals surface area contributed by atoms with Gasteiger partial charge >= 0.3 is 0 Å². The second kappa shape index (κ2) is 6.20. The van der Waals surface area contributed by atoms with Crippen LogP contribution in [0.15, 0.2) is 11.7 Å². The van der Waals surface area contributed by atoms with Crippen LogP contribution >= 0.6 is 11.3 Å². The molecule has 2 N–H and O–H groups in total. The van der Waals surface area contributed by atoms with E-state index in [1.54, 1.807) is 11.3 Å². The zero-order chi connectivity index (χ0) is 11.3. The Balaban J connectivity index is 2.31. The van der Waals surface area contributed by atoms with Crippen molar-refractivity contribution in [1.29, 1.82) is 0 Å². The van der Waals surface area contributed by atoms with Crippen LogP contribution in [0.1, 0.15) is 38.1 Å². The van der Waals surface area contributed by atoms with Crippen molar-refractivity contribution in [2.24, 2.45) is 5.92 Å². The summed E-state index contributed by atoms with van der Waals surface area (Å²) in [6, 6.07) is 0.274. The molecule has 15 heavy (non-hydrogen) atoms. The highest BCUT2D eigenvalue weighted by molar-refractivity contribution is 7.09. The lowest BCUT2D eigenvalue weighted by atomic mass is 10.0. The summed E-state index contributed by atoms with van der Waals surface area (Å²) < 4.78 is 0. The van der Waals surface area contributed by atoms with Crippen LogP contribution in [0, 0.1) is 5.92 Å². The molecule has 86 valence electrons. The maximum absolute atomic E-state index is 9.79. The van der Waals surface area contributed by atoms with Crippen molar-refractivity contribution in [1.82, 2.24) is 10.3 Å². The summed E-state index contributed by atoms with van der Waals surface area (Å²) in [6.07, 6.45) is 2.63. The first-order chi connectivity index (χ1) is 7.15. The van der Waals surface area contributed by atoms with Gasteiger partial charge in [-0.25, -0.2) is 0 Å². The number of hydrogen-bond acceptors (Lipinski definition) is 4. The molecule has 0 saturated heterocycles. The molecule has 0 bridgehead atoms. The first-order valence-electron chi connectivity index (χ1n) is 5.45. The molecule has 0 amide bonds. The molecule has 0 aliphatic heterocycles. The maximum atomic E-state index is 9.79. The van der Waals surface area contributed by atoms with Crippen molar-refractivity contribution in [3.05, 3.63) is 16.6 Å². The van der Waals surface area contributed by atoms with Crippen LogP contribution in [0.3, 0.4) is 0 Å². The number of aromatic nitrogens is 1.